The minimum Gasteiger partial charge on any atom is -0.481 e. The molecule has 0 saturated carbocycles. The van der Waals surface area contributed by atoms with E-state index in [9.17, 15) is 0 Å². The Hall–Kier alpha value is -1.96. The van der Waals surface area contributed by atoms with Crippen molar-refractivity contribution in [2.75, 3.05) is 5.32 Å². The molecule has 2 nitrogen and oxygen atoms in total. The van der Waals surface area contributed by atoms with Gasteiger partial charge >= 0.3 is 0 Å². The van der Waals surface area contributed by atoms with E-state index in [1.54, 1.807) is 0 Å². The molecule has 3 rings (SSSR count). The Balaban J connectivity index is 1.99. The molecular formula is C17H19NO. The van der Waals surface area contributed by atoms with E-state index in [1.807, 2.05) is 18.2 Å². The molecular weight excluding hydrogens is 234 g/mol. The zero-order valence-electron chi connectivity index (χ0n) is 11.4. The third kappa shape index (κ3) is 2.19. The third-order valence-electron chi connectivity index (χ3n) is 3.75. The Morgan fingerprint density at radius 1 is 1.05 bits per heavy atom. The second kappa shape index (κ2) is 4.96. The van der Waals surface area contributed by atoms with Gasteiger partial charge < -0.3 is 10.1 Å². The normalized spacial score (nSPS) is 21.2. The molecule has 2 aromatic carbocycles. The van der Waals surface area contributed by atoms with E-state index in [1.165, 1.54) is 11.1 Å². The molecule has 0 saturated heterocycles. The number of ether oxygens (including phenoxy) is 1. The molecule has 0 spiro atoms. The Morgan fingerprint density at radius 3 is 2.58 bits per heavy atom. The standard InChI is InChI=1S/C17H19NO/c1-3-14-17(13-9-5-4-6-10-13)19-15-11-7-8-12(2)16(15)18-14/h4-11,14,17-18H,3H2,1-2H3. The first-order chi connectivity index (χ1) is 9.29. The Labute approximate surface area is 114 Å². The average molecular weight is 253 g/mol. The van der Waals surface area contributed by atoms with Gasteiger partial charge in [-0.1, -0.05) is 49.4 Å². The number of benzene rings is 2. The van der Waals surface area contributed by atoms with Gasteiger partial charge in [-0.05, 0) is 30.5 Å². The first-order valence-corrected chi connectivity index (χ1v) is 6.87. The molecule has 2 unspecified atom stereocenters. The van der Waals surface area contributed by atoms with Crippen LogP contribution in [0, 0.1) is 6.92 Å². The first kappa shape index (κ1) is 12.1. The molecule has 2 heteroatoms. The summed E-state index contributed by atoms with van der Waals surface area (Å²) < 4.78 is 6.24. The van der Waals surface area contributed by atoms with Crippen LogP contribution >= 0.6 is 0 Å². The quantitative estimate of drug-likeness (QED) is 0.860. The van der Waals surface area contributed by atoms with Gasteiger partial charge in [-0.15, -0.1) is 0 Å². The maximum atomic E-state index is 6.24. The fourth-order valence-corrected chi connectivity index (χ4v) is 2.66. The van der Waals surface area contributed by atoms with Crippen molar-refractivity contribution in [1.82, 2.24) is 0 Å². The van der Waals surface area contributed by atoms with Crippen LogP contribution in [0.15, 0.2) is 48.5 Å². The molecule has 1 aliphatic rings. The Kier molecular flexibility index (Phi) is 3.16. The van der Waals surface area contributed by atoms with Crippen molar-refractivity contribution in [3.63, 3.8) is 0 Å². The highest BCUT2D eigenvalue weighted by Crippen LogP contribution is 2.39. The molecule has 1 heterocycles. The van der Waals surface area contributed by atoms with E-state index in [0.29, 0.717) is 6.04 Å². The van der Waals surface area contributed by atoms with Gasteiger partial charge in [-0.3, -0.25) is 0 Å². The van der Waals surface area contributed by atoms with Crippen LogP contribution in [0.1, 0.15) is 30.6 Å². The molecule has 0 bridgehead atoms. The number of nitrogens with one attached hydrogen (secondary N) is 1. The van der Waals surface area contributed by atoms with Crippen LogP contribution in [0.3, 0.4) is 0 Å². The van der Waals surface area contributed by atoms with Crippen LogP contribution in [-0.4, -0.2) is 6.04 Å². The van der Waals surface area contributed by atoms with E-state index in [2.05, 4.69) is 49.5 Å². The van der Waals surface area contributed by atoms with Crippen LogP contribution in [-0.2, 0) is 0 Å². The summed E-state index contributed by atoms with van der Waals surface area (Å²) in [7, 11) is 0. The smallest absolute Gasteiger partial charge is 0.144 e. The molecule has 0 fully saturated rings. The monoisotopic (exact) mass is 253 g/mol. The summed E-state index contributed by atoms with van der Waals surface area (Å²) >= 11 is 0. The van der Waals surface area contributed by atoms with Crippen molar-refractivity contribution < 1.29 is 4.74 Å². The van der Waals surface area contributed by atoms with Crippen LogP contribution < -0.4 is 10.1 Å². The molecule has 0 aromatic heterocycles. The highest BCUT2D eigenvalue weighted by molar-refractivity contribution is 5.64. The number of hydrogen-bond donors (Lipinski definition) is 1. The SMILES string of the molecule is CCC1Nc2c(C)cccc2OC1c1ccccc1. The summed E-state index contributed by atoms with van der Waals surface area (Å²) in [6.07, 6.45) is 1.12. The summed E-state index contributed by atoms with van der Waals surface area (Å²) in [5, 5.41) is 3.64. The summed E-state index contributed by atoms with van der Waals surface area (Å²) in [4.78, 5) is 0. The summed E-state index contributed by atoms with van der Waals surface area (Å²) in [5.41, 5.74) is 3.61. The van der Waals surface area contributed by atoms with Crippen LogP contribution in [0.2, 0.25) is 0 Å². The van der Waals surface area contributed by atoms with Crippen molar-refractivity contribution in [3.8, 4) is 5.75 Å². The first-order valence-electron chi connectivity index (χ1n) is 6.87. The molecule has 98 valence electrons. The van der Waals surface area contributed by atoms with Crippen molar-refractivity contribution >= 4 is 5.69 Å². The second-order valence-electron chi connectivity index (χ2n) is 5.06. The molecule has 0 amide bonds. The summed E-state index contributed by atoms with van der Waals surface area (Å²) in [5.74, 6) is 0.957. The fraction of sp³-hybridized carbons (Fsp3) is 0.294. The average Bonchev–Trinajstić information content (AvgIpc) is 2.47. The van der Waals surface area contributed by atoms with E-state index < -0.39 is 0 Å². The van der Waals surface area contributed by atoms with Crippen molar-refractivity contribution in [2.24, 2.45) is 0 Å². The van der Waals surface area contributed by atoms with E-state index >= 15 is 0 Å². The lowest BCUT2D eigenvalue weighted by Crippen LogP contribution is -2.34. The van der Waals surface area contributed by atoms with Gasteiger partial charge in [0.2, 0.25) is 0 Å². The second-order valence-corrected chi connectivity index (χ2v) is 5.06. The van der Waals surface area contributed by atoms with E-state index in [4.69, 9.17) is 4.74 Å². The van der Waals surface area contributed by atoms with Gasteiger partial charge in [0.1, 0.15) is 11.9 Å². The molecule has 2 atom stereocenters. The van der Waals surface area contributed by atoms with E-state index in [0.717, 1.165) is 17.9 Å². The number of fused-ring (bicyclic) bond motifs is 1. The zero-order valence-corrected chi connectivity index (χ0v) is 11.4. The Bertz CT molecular complexity index is 565. The van der Waals surface area contributed by atoms with Crippen molar-refractivity contribution in [2.45, 2.75) is 32.4 Å². The van der Waals surface area contributed by atoms with Gasteiger partial charge in [0.15, 0.2) is 0 Å². The number of aryl methyl sites for hydroxylation is 1. The molecule has 0 radical (unpaired) electrons. The third-order valence-corrected chi connectivity index (χ3v) is 3.75. The number of anilines is 1. The van der Waals surface area contributed by atoms with Crippen molar-refractivity contribution in [1.29, 1.82) is 0 Å². The predicted octanol–water partition coefficient (Wildman–Crippen LogP) is 4.32. The molecule has 1 aliphatic heterocycles. The van der Waals surface area contributed by atoms with Crippen LogP contribution in [0.4, 0.5) is 5.69 Å². The molecule has 2 aromatic rings. The van der Waals surface area contributed by atoms with E-state index in [-0.39, 0.29) is 6.10 Å². The number of para-hydroxylation sites is 1. The van der Waals surface area contributed by atoms with Crippen LogP contribution in [0.25, 0.3) is 0 Å². The predicted molar refractivity (Wildman–Crippen MR) is 78.7 cm³/mol. The Morgan fingerprint density at radius 2 is 1.84 bits per heavy atom. The van der Waals surface area contributed by atoms with Crippen LogP contribution in [0.5, 0.6) is 5.75 Å². The van der Waals surface area contributed by atoms with Gasteiger partial charge in [-0.25, -0.2) is 0 Å². The van der Waals surface area contributed by atoms with Gasteiger partial charge in [0, 0.05) is 0 Å². The number of rotatable bonds is 2. The lowest BCUT2D eigenvalue weighted by Gasteiger charge is -2.35. The lowest BCUT2D eigenvalue weighted by atomic mass is 9.97. The van der Waals surface area contributed by atoms with Gasteiger partial charge in [0.25, 0.3) is 0 Å². The van der Waals surface area contributed by atoms with Crippen molar-refractivity contribution in [3.05, 3.63) is 59.7 Å². The molecule has 19 heavy (non-hydrogen) atoms. The molecule has 0 aliphatic carbocycles. The maximum absolute atomic E-state index is 6.24. The summed E-state index contributed by atoms with van der Waals surface area (Å²) in [6, 6.07) is 17.0. The highest BCUT2D eigenvalue weighted by atomic mass is 16.5. The minimum atomic E-state index is 0.0838. The van der Waals surface area contributed by atoms with Gasteiger partial charge in [-0.2, -0.15) is 0 Å². The maximum Gasteiger partial charge on any atom is 0.144 e. The topological polar surface area (TPSA) is 21.3 Å². The fourth-order valence-electron chi connectivity index (χ4n) is 2.66. The molecule has 1 N–H and O–H groups in total. The number of hydrogen-bond acceptors (Lipinski definition) is 2. The highest BCUT2D eigenvalue weighted by Gasteiger charge is 2.30. The zero-order chi connectivity index (χ0) is 13.2. The lowest BCUT2D eigenvalue weighted by molar-refractivity contribution is 0.168. The summed E-state index contributed by atoms with van der Waals surface area (Å²) in [6.45, 7) is 4.31. The largest absolute Gasteiger partial charge is 0.481 e. The minimum absolute atomic E-state index is 0.0838. The van der Waals surface area contributed by atoms with Gasteiger partial charge in [0.05, 0.1) is 11.7 Å².